The molecule has 0 saturated carbocycles. The fraction of sp³-hybridized carbons (Fsp3) is 0.222. The quantitative estimate of drug-likeness (QED) is 0.291. The average molecular weight is 214 g/mol. The highest BCUT2D eigenvalue weighted by Crippen LogP contribution is 2.08. The second kappa shape index (κ2) is 5.26. The first-order chi connectivity index (χ1) is 7.17. The third-order valence-electron chi connectivity index (χ3n) is 1.82. The molecule has 0 aliphatic heterocycles. The summed E-state index contributed by atoms with van der Waals surface area (Å²) in [4.78, 5) is 3.74. The number of nitrogens with two attached hydrogens (primary N) is 1. The number of guanidine groups is 1. The fourth-order valence-corrected chi connectivity index (χ4v) is 1.04. The highest BCUT2D eigenvalue weighted by atomic mass is 19.1. The largest absolute Gasteiger partial charge is 0.351 e. The van der Waals surface area contributed by atoms with Crippen molar-refractivity contribution in [2.75, 3.05) is 7.05 Å². The van der Waals surface area contributed by atoms with Gasteiger partial charge in [-0.2, -0.15) is 0 Å². The molecule has 0 atom stereocenters. The van der Waals surface area contributed by atoms with Gasteiger partial charge in [-0.05, 0) is 6.07 Å². The summed E-state index contributed by atoms with van der Waals surface area (Å²) in [5.41, 5.74) is 2.64. The van der Waals surface area contributed by atoms with Crippen LogP contribution in [0.5, 0.6) is 0 Å². The predicted molar refractivity (Wildman–Crippen MR) is 53.9 cm³/mol. The van der Waals surface area contributed by atoms with Crippen molar-refractivity contribution in [2.45, 2.75) is 6.54 Å². The second-order valence-electron chi connectivity index (χ2n) is 2.81. The van der Waals surface area contributed by atoms with E-state index in [1.807, 2.05) is 0 Å². The van der Waals surface area contributed by atoms with Crippen LogP contribution in [0.15, 0.2) is 23.2 Å². The van der Waals surface area contributed by atoms with Gasteiger partial charge >= 0.3 is 0 Å². The first-order valence-electron chi connectivity index (χ1n) is 4.28. The fourth-order valence-electron chi connectivity index (χ4n) is 1.04. The van der Waals surface area contributed by atoms with Crippen molar-refractivity contribution in [3.05, 3.63) is 35.4 Å². The van der Waals surface area contributed by atoms with Crippen molar-refractivity contribution in [3.8, 4) is 0 Å². The van der Waals surface area contributed by atoms with Crippen LogP contribution in [0.3, 0.4) is 0 Å². The van der Waals surface area contributed by atoms with E-state index in [1.165, 1.54) is 19.2 Å². The Hall–Kier alpha value is -1.69. The van der Waals surface area contributed by atoms with Crippen LogP contribution in [0.1, 0.15) is 5.56 Å². The van der Waals surface area contributed by atoms with Crippen LogP contribution >= 0.6 is 0 Å². The Kier molecular flexibility index (Phi) is 3.99. The van der Waals surface area contributed by atoms with Crippen LogP contribution in [0.25, 0.3) is 0 Å². The van der Waals surface area contributed by atoms with Crippen LogP contribution < -0.4 is 16.6 Å². The minimum absolute atomic E-state index is 0.184. The van der Waals surface area contributed by atoms with E-state index < -0.39 is 11.6 Å². The van der Waals surface area contributed by atoms with Gasteiger partial charge in [0.2, 0.25) is 5.96 Å². The molecule has 1 rings (SSSR count). The molecule has 0 radical (unpaired) electrons. The maximum absolute atomic E-state index is 13.1. The van der Waals surface area contributed by atoms with Gasteiger partial charge in [0.1, 0.15) is 11.6 Å². The summed E-state index contributed by atoms with van der Waals surface area (Å²) in [7, 11) is 1.53. The molecule has 82 valence electrons. The molecule has 0 aliphatic carbocycles. The molecule has 4 N–H and O–H groups in total. The Morgan fingerprint density at radius 3 is 2.73 bits per heavy atom. The lowest BCUT2D eigenvalue weighted by Crippen LogP contribution is -2.41. The van der Waals surface area contributed by atoms with Gasteiger partial charge in [0.25, 0.3) is 0 Å². The van der Waals surface area contributed by atoms with E-state index in [4.69, 9.17) is 5.84 Å². The molecule has 0 amide bonds. The molecule has 15 heavy (non-hydrogen) atoms. The third-order valence-corrected chi connectivity index (χ3v) is 1.82. The summed E-state index contributed by atoms with van der Waals surface area (Å²) in [5.74, 6) is 4.24. The zero-order valence-corrected chi connectivity index (χ0v) is 8.22. The zero-order valence-electron chi connectivity index (χ0n) is 8.22. The van der Waals surface area contributed by atoms with Crippen molar-refractivity contribution in [3.63, 3.8) is 0 Å². The van der Waals surface area contributed by atoms with Crippen LogP contribution in [0.4, 0.5) is 8.78 Å². The smallest absolute Gasteiger partial charge is 0.205 e. The molecule has 4 nitrogen and oxygen atoms in total. The van der Waals surface area contributed by atoms with Crippen molar-refractivity contribution >= 4 is 5.96 Å². The van der Waals surface area contributed by atoms with Gasteiger partial charge in [0, 0.05) is 25.2 Å². The maximum atomic E-state index is 13.1. The number of hydrogen-bond donors (Lipinski definition) is 3. The van der Waals surface area contributed by atoms with Gasteiger partial charge in [0.05, 0.1) is 0 Å². The van der Waals surface area contributed by atoms with Crippen molar-refractivity contribution in [1.29, 1.82) is 0 Å². The van der Waals surface area contributed by atoms with E-state index in [2.05, 4.69) is 15.7 Å². The van der Waals surface area contributed by atoms with Gasteiger partial charge in [0.15, 0.2) is 0 Å². The summed E-state index contributed by atoms with van der Waals surface area (Å²) in [6.07, 6.45) is 0. The molecule has 0 bridgehead atoms. The van der Waals surface area contributed by atoms with Gasteiger partial charge < -0.3 is 5.32 Å². The Morgan fingerprint density at radius 1 is 1.47 bits per heavy atom. The Labute approximate surface area is 86.2 Å². The van der Waals surface area contributed by atoms with Crippen LogP contribution in [-0.2, 0) is 6.54 Å². The lowest BCUT2D eigenvalue weighted by Gasteiger charge is -2.08. The molecule has 0 unspecified atom stereocenters. The van der Waals surface area contributed by atoms with Crippen molar-refractivity contribution in [1.82, 2.24) is 10.7 Å². The molecule has 0 heterocycles. The molecule has 0 saturated heterocycles. The van der Waals surface area contributed by atoms with E-state index in [0.717, 1.165) is 6.07 Å². The lowest BCUT2D eigenvalue weighted by molar-refractivity contribution is 0.569. The summed E-state index contributed by atoms with van der Waals surface area (Å²) in [5, 5.41) is 2.75. The van der Waals surface area contributed by atoms with Gasteiger partial charge in [-0.3, -0.25) is 10.4 Å². The highest BCUT2D eigenvalue weighted by molar-refractivity contribution is 5.78. The minimum Gasteiger partial charge on any atom is -0.351 e. The number of rotatable bonds is 2. The summed E-state index contributed by atoms with van der Waals surface area (Å²) < 4.78 is 25.7. The van der Waals surface area contributed by atoms with Crippen molar-refractivity contribution < 1.29 is 8.78 Å². The summed E-state index contributed by atoms with van der Waals surface area (Å²) >= 11 is 0. The Bertz CT molecular complexity index is 365. The molecule has 0 spiro atoms. The molecule has 0 aromatic heterocycles. The van der Waals surface area contributed by atoms with Gasteiger partial charge in [-0.25, -0.2) is 14.6 Å². The first kappa shape index (κ1) is 11.4. The SMILES string of the molecule is CN=C(NN)NCc1ccc(F)cc1F. The molecule has 0 aliphatic rings. The topological polar surface area (TPSA) is 62.4 Å². The number of nitrogens with one attached hydrogen (secondary N) is 2. The van der Waals surface area contributed by atoms with E-state index >= 15 is 0 Å². The molecule has 1 aromatic carbocycles. The zero-order chi connectivity index (χ0) is 11.3. The number of halogens is 2. The van der Waals surface area contributed by atoms with Gasteiger partial charge in [-0.15, -0.1) is 0 Å². The van der Waals surface area contributed by atoms with Crippen LogP contribution in [0.2, 0.25) is 0 Å². The maximum Gasteiger partial charge on any atom is 0.205 e. The number of benzene rings is 1. The average Bonchev–Trinajstić information content (AvgIpc) is 2.22. The van der Waals surface area contributed by atoms with Crippen LogP contribution in [0, 0.1) is 11.6 Å². The molecular weight excluding hydrogens is 202 g/mol. The Balaban J connectivity index is 2.65. The molecular formula is C9H12F2N4. The van der Waals surface area contributed by atoms with Gasteiger partial charge in [-0.1, -0.05) is 6.07 Å². The van der Waals surface area contributed by atoms with E-state index in [0.29, 0.717) is 11.5 Å². The predicted octanol–water partition coefficient (Wildman–Crippen LogP) is 0.504. The summed E-state index contributed by atoms with van der Waals surface area (Å²) in [6.45, 7) is 0.184. The molecule has 0 fully saturated rings. The number of aliphatic imine (C=N–C) groups is 1. The lowest BCUT2D eigenvalue weighted by atomic mass is 10.2. The van der Waals surface area contributed by atoms with E-state index in [1.54, 1.807) is 0 Å². The normalized spacial score (nSPS) is 11.3. The van der Waals surface area contributed by atoms with Crippen molar-refractivity contribution in [2.24, 2.45) is 10.8 Å². The number of hydrazine groups is 1. The third kappa shape index (κ3) is 3.17. The summed E-state index contributed by atoms with van der Waals surface area (Å²) in [6, 6.07) is 3.38. The van der Waals surface area contributed by atoms with E-state index in [-0.39, 0.29) is 6.54 Å². The first-order valence-corrected chi connectivity index (χ1v) is 4.28. The molecule has 6 heteroatoms. The Morgan fingerprint density at radius 2 is 2.20 bits per heavy atom. The number of hydrogen-bond acceptors (Lipinski definition) is 2. The molecule has 1 aromatic rings. The number of nitrogens with zero attached hydrogens (tertiary/aromatic N) is 1. The van der Waals surface area contributed by atoms with Crippen LogP contribution in [-0.4, -0.2) is 13.0 Å². The highest BCUT2D eigenvalue weighted by Gasteiger charge is 2.03. The standard InChI is InChI=1S/C9H12F2N4/c1-13-9(15-12)14-5-6-2-3-7(10)4-8(6)11/h2-4H,5,12H2,1H3,(H2,13,14,15). The minimum atomic E-state index is -0.602. The van der Waals surface area contributed by atoms with E-state index in [9.17, 15) is 8.78 Å². The second-order valence-corrected chi connectivity index (χ2v) is 2.81. The monoisotopic (exact) mass is 214 g/mol.